The van der Waals surface area contributed by atoms with Gasteiger partial charge < -0.3 is 4.74 Å². The van der Waals surface area contributed by atoms with Crippen molar-refractivity contribution in [2.75, 3.05) is 7.11 Å². The molecule has 1 aromatic heterocycles. The Balaban J connectivity index is 0.000000970. The van der Waals surface area contributed by atoms with Crippen LogP contribution < -0.4 is 4.72 Å². The van der Waals surface area contributed by atoms with E-state index in [2.05, 4.69) is 42.0 Å². The fraction of sp³-hybridized carbons (Fsp3) is 0.286. The number of para-hydroxylation sites is 1. The van der Waals surface area contributed by atoms with Gasteiger partial charge in [0.05, 0.1) is 28.9 Å². The number of carbonyl (C=O) groups excluding carboxylic acids is 1. The van der Waals surface area contributed by atoms with Crippen molar-refractivity contribution >= 4 is 39.5 Å². The first-order valence-electron chi connectivity index (χ1n) is 11.6. The lowest BCUT2D eigenvalue weighted by molar-refractivity contribution is 0.0600. The SMILES string of the molecule is CC.CC.COC(=O)c1cccc(SNC(Cc2cccc(C)c2)c2nc3ccccc3s2)c1. The monoisotopic (exact) mass is 494 g/mol. The van der Waals surface area contributed by atoms with Crippen LogP contribution in [0, 0.1) is 6.92 Å². The molecule has 0 bridgehead atoms. The molecule has 0 aliphatic heterocycles. The van der Waals surface area contributed by atoms with Crippen molar-refractivity contribution in [1.29, 1.82) is 0 Å². The molecule has 180 valence electrons. The van der Waals surface area contributed by atoms with Crippen LogP contribution in [0.3, 0.4) is 0 Å². The number of benzene rings is 3. The van der Waals surface area contributed by atoms with Crippen LogP contribution >= 0.6 is 23.3 Å². The van der Waals surface area contributed by atoms with Crippen molar-refractivity contribution in [3.63, 3.8) is 0 Å². The van der Waals surface area contributed by atoms with Crippen LogP contribution in [-0.2, 0) is 11.2 Å². The molecule has 6 heteroatoms. The van der Waals surface area contributed by atoms with E-state index >= 15 is 0 Å². The summed E-state index contributed by atoms with van der Waals surface area (Å²) >= 11 is 3.22. The van der Waals surface area contributed by atoms with E-state index in [0.29, 0.717) is 5.56 Å². The number of carbonyl (C=O) groups is 1. The molecule has 0 spiro atoms. The minimum atomic E-state index is -0.333. The fourth-order valence-electron chi connectivity index (χ4n) is 3.24. The minimum absolute atomic E-state index is 0.0379. The van der Waals surface area contributed by atoms with Gasteiger partial charge in [0.25, 0.3) is 0 Å². The molecule has 0 fully saturated rings. The number of aryl methyl sites for hydroxylation is 1. The minimum Gasteiger partial charge on any atom is -0.465 e. The van der Waals surface area contributed by atoms with Crippen LogP contribution in [0.25, 0.3) is 10.2 Å². The Hall–Kier alpha value is -2.67. The lowest BCUT2D eigenvalue weighted by Crippen LogP contribution is -2.17. The number of hydrogen-bond donors (Lipinski definition) is 1. The topological polar surface area (TPSA) is 51.2 Å². The molecule has 4 rings (SSSR count). The van der Waals surface area contributed by atoms with E-state index in [0.717, 1.165) is 21.8 Å². The van der Waals surface area contributed by atoms with Crippen molar-refractivity contribution in [2.45, 2.75) is 52.0 Å². The average Bonchev–Trinajstić information content (AvgIpc) is 3.33. The maximum Gasteiger partial charge on any atom is 0.337 e. The second kappa shape index (κ2) is 14.6. The summed E-state index contributed by atoms with van der Waals surface area (Å²) in [6, 6.07) is 24.2. The molecule has 3 aromatic carbocycles. The first-order chi connectivity index (χ1) is 16.6. The van der Waals surface area contributed by atoms with Crippen molar-refractivity contribution in [3.8, 4) is 0 Å². The van der Waals surface area contributed by atoms with Crippen LogP contribution in [0.5, 0.6) is 0 Å². The number of aromatic nitrogens is 1. The smallest absolute Gasteiger partial charge is 0.337 e. The standard InChI is InChI=1S/C24H22N2O2S2.2C2H6/c1-16-7-5-8-17(13-16)14-21(23-25-20-11-3-4-12-22(20)29-23)26-30-19-10-6-9-18(15-19)24(27)28-2;2*1-2/h3-13,15,21,26H,14H2,1-2H3;2*1-2H3. The molecule has 0 saturated carbocycles. The molecule has 1 heterocycles. The third kappa shape index (κ3) is 7.69. The van der Waals surface area contributed by atoms with E-state index < -0.39 is 0 Å². The Kier molecular flexibility index (Phi) is 11.8. The van der Waals surface area contributed by atoms with Gasteiger partial charge in [-0.1, -0.05) is 75.7 Å². The summed E-state index contributed by atoms with van der Waals surface area (Å²) in [4.78, 5) is 17.7. The molecule has 1 N–H and O–H groups in total. The number of fused-ring (bicyclic) bond motifs is 1. The zero-order valence-corrected chi connectivity index (χ0v) is 22.4. The third-order valence-corrected chi connectivity index (χ3v) is 6.75. The molecular weight excluding hydrogens is 460 g/mol. The lowest BCUT2D eigenvalue weighted by atomic mass is 10.0. The Morgan fingerprint density at radius 1 is 1.00 bits per heavy atom. The Bertz CT molecular complexity index is 1140. The van der Waals surface area contributed by atoms with Crippen LogP contribution in [-0.4, -0.2) is 18.1 Å². The Morgan fingerprint density at radius 2 is 1.74 bits per heavy atom. The molecule has 1 unspecified atom stereocenters. The van der Waals surface area contributed by atoms with Crippen molar-refractivity contribution in [3.05, 3.63) is 94.5 Å². The number of esters is 1. The molecule has 4 nitrogen and oxygen atoms in total. The van der Waals surface area contributed by atoms with Crippen LogP contribution in [0.1, 0.15) is 60.2 Å². The van der Waals surface area contributed by atoms with E-state index in [-0.39, 0.29) is 12.0 Å². The van der Waals surface area contributed by atoms with Crippen molar-refractivity contribution in [2.24, 2.45) is 0 Å². The quantitative estimate of drug-likeness (QED) is 0.208. The summed E-state index contributed by atoms with van der Waals surface area (Å²) in [5, 5.41) is 1.05. The highest BCUT2D eigenvalue weighted by Crippen LogP contribution is 2.31. The molecule has 1 atom stereocenters. The van der Waals surface area contributed by atoms with Crippen LogP contribution in [0.4, 0.5) is 0 Å². The van der Waals surface area contributed by atoms with E-state index in [1.165, 1.54) is 34.9 Å². The summed E-state index contributed by atoms with van der Waals surface area (Å²) in [5.41, 5.74) is 4.07. The number of hydrogen-bond acceptors (Lipinski definition) is 6. The van der Waals surface area contributed by atoms with E-state index in [1.807, 2.05) is 64.1 Å². The van der Waals surface area contributed by atoms with Gasteiger partial charge >= 0.3 is 5.97 Å². The molecule has 0 aliphatic carbocycles. The van der Waals surface area contributed by atoms with Crippen LogP contribution in [0.15, 0.2) is 77.7 Å². The summed E-state index contributed by atoms with van der Waals surface area (Å²) in [6.07, 6.45) is 0.825. The highest BCUT2D eigenvalue weighted by Gasteiger charge is 2.18. The van der Waals surface area contributed by atoms with Crippen molar-refractivity contribution in [1.82, 2.24) is 9.71 Å². The van der Waals surface area contributed by atoms with E-state index in [1.54, 1.807) is 17.4 Å². The number of nitrogens with zero attached hydrogens (tertiary/aromatic N) is 1. The number of nitrogens with one attached hydrogen (secondary N) is 1. The van der Waals surface area contributed by atoms with Gasteiger partial charge in [-0.2, -0.15) is 0 Å². The fourth-order valence-corrected chi connectivity index (χ4v) is 5.14. The summed E-state index contributed by atoms with van der Waals surface area (Å²) in [5.74, 6) is -0.333. The Labute approximate surface area is 211 Å². The Morgan fingerprint density at radius 3 is 2.44 bits per heavy atom. The molecule has 4 aromatic rings. The van der Waals surface area contributed by atoms with Gasteiger partial charge in [0.1, 0.15) is 5.01 Å². The molecule has 0 aliphatic rings. The number of ether oxygens (including phenoxy) is 1. The zero-order valence-electron chi connectivity index (χ0n) is 20.8. The molecule has 0 saturated heterocycles. The maximum atomic E-state index is 11.8. The van der Waals surface area contributed by atoms with Gasteiger partial charge in [-0.05, 0) is 61.2 Å². The summed E-state index contributed by atoms with van der Waals surface area (Å²) < 4.78 is 9.59. The van der Waals surface area contributed by atoms with Gasteiger partial charge in [0, 0.05) is 4.90 Å². The maximum absolute atomic E-state index is 11.8. The van der Waals surface area contributed by atoms with E-state index in [9.17, 15) is 4.79 Å². The number of thiazole rings is 1. The van der Waals surface area contributed by atoms with Gasteiger partial charge in [0.15, 0.2) is 0 Å². The predicted molar refractivity (Wildman–Crippen MR) is 147 cm³/mol. The molecule has 0 amide bonds. The molecule has 0 radical (unpaired) electrons. The highest BCUT2D eigenvalue weighted by atomic mass is 32.2. The largest absolute Gasteiger partial charge is 0.465 e. The third-order valence-electron chi connectivity index (χ3n) is 4.71. The zero-order chi connectivity index (χ0) is 24.9. The van der Waals surface area contributed by atoms with Crippen LogP contribution in [0.2, 0.25) is 0 Å². The highest BCUT2D eigenvalue weighted by molar-refractivity contribution is 7.97. The van der Waals surface area contributed by atoms with E-state index in [4.69, 9.17) is 9.72 Å². The lowest BCUT2D eigenvalue weighted by Gasteiger charge is -2.16. The summed E-state index contributed by atoms with van der Waals surface area (Å²) in [6.45, 7) is 10.1. The number of rotatable bonds is 7. The normalized spacial score (nSPS) is 11.0. The van der Waals surface area contributed by atoms with Gasteiger partial charge in [0.2, 0.25) is 0 Å². The first kappa shape index (κ1) is 27.6. The van der Waals surface area contributed by atoms with Gasteiger partial charge in [-0.3, -0.25) is 0 Å². The second-order valence-corrected chi connectivity index (χ2v) is 8.98. The predicted octanol–water partition coefficient (Wildman–Crippen LogP) is 8.02. The number of methoxy groups -OCH3 is 1. The molecule has 34 heavy (non-hydrogen) atoms. The summed E-state index contributed by atoms with van der Waals surface area (Å²) in [7, 11) is 1.39. The van der Waals surface area contributed by atoms with Crippen molar-refractivity contribution < 1.29 is 9.53 Å². The first-order valence-corrected chi connectivity index (χ1v) is 13.3. The van der Waals surface area contributed by atoms with Gasteiger partial charge in [-0.25, -0.2) is 14.5 Å². The van der Waals surface area contributed by atoms with Gasteiger partial charge in [-0.15, -0.1) is 11.3 Å². The molecular formula is C28H34N2O2S2. The second-order valence-electron chi connectivity index (χ2n) is 7.00. The average molecular weight is 495 g/mol.